The van der Waals surface area contributed by atoms with E-state index in [0.29, 0.717) is 0 Å². The van der Waals surface area contributed by atoms with E-state index in [1.165, 1.54) is 5.69 Å². The summed E-state index contributed by atoms with van der Waals surface area (Å²) < 4.78 is 2.06. The molecule has 0 amide bonds. The predicted molar refractivity (Wildman–Crippen MR) is 75.8 cm³/mol. The van der Waals surface area contributed by atoms with Crippen molar-refractivity contribution in [3.05, 3.63) is 36.4 Å². The van der Waals surface area contributed by atoms with E-state index in [4.69, 9.17) is 0 Å². The third kappa shape index (κ3) is 2.46. The Morgan fingerprint density at radius 3 is 2.79 bits per heavy atom. The van der Waals surface area contributed by atoms with Crippen LogP contribution in [0.5, 0.6) is 0 Å². The fourth-order valence-electron chi connectivity index (χ4n) is 2.48. The van der Waals surface area contributed by atoms with E-state index in [0.717, 1.165) is 44.1 Å². The highest BCUT2D eigenvalue weighted by Gasteiger charge is 2.11. The number of aromatic nitrogens is 3. The minimum atomic E-state index is 0.887. The van der Waals surface area contributed by atoms with E-state index in [1.807, 2.05) is 0 Å². The lowest BCUT2D eigenvalue weighted by molar-refractivity contribution is 0.589. The maximum Gasteiger partial charge on any atom is 0.137 e. The molecule has 0 unspecified atom stereocenters. The second-order valence-electron chi connectivity index (χ2n) is 4.73. The van der Waals surface area contributed by atoms with E-state index in [2.05, 4.69) is 56.2 Å². The molecule has 1 N–H and O–H groups in total. The zero-order chi connectivity index (χ0) is 13.1. The number of piperazine rings is 1. The zero-order valence-electron chi connectivity index (χ0n) is 11.2. The van der Waals surface area contributed by atoms with Crippen molar-refractivity contribution in [2.45, 2.75) is 13.3 Å². The first-order valence-corrected chi connectivity index (χ1v) is 6.83. The van der Waals surface area contributed by atoms with Crippen LogP contribution in [0, 0.1) is 0 Å². The zero-order valence-corrected chi connectivity index (χ0v) is 11.2. The molecule has 19 heavy (non-hydrogen) atoms. The van der Waals surface area contributed by atoms with Crippen molar-refractivity contribution in [2.75, 3.05) is 31.1 Å². The molecule has 1 saturated heterocycles. The van der Waals surface area contributed by atoms with E-state index in [-0.39, 0.29) is 0 Å². The maximum atomic E-state index is 4.14. The Morgan fingerprint density at radius 2 is 2.00 bits per heavy atom. The Balaban J connectivity index is 1.91. The summed E-state index contributed by atoms with van der Waals surface area (Å²) in [5.74, 6) is 0.998. The van der Waals surface area contributed by atoms with Crippen LogP contribution in [0.25, 0.3) is 5.69 Å². The second-order valence-corrected chi connectivity index (χ2v) is 4.73. The highest BCUT2D eigenvalue weighted by molar-refractivity contribution is 5.53. The smallest absolute Gasteiger partial charge is 0.137 e. The fraction of sp³-hybridized carbons (Fsp3) is 0.429. The third-order valence-corrected chi connectivity index (χ3v) is 3.52. The van der Waals surface area contributed by atoms with Crippen LogP contribution < -0.4 is 10.2 Å². The van der Waals surface area contributed by atoms with Crippen LogP contribution in [0.1, 0.15) is 12.7 Å². The summed E-state index contributed by atoms with van der Waals surface area (Å²) in [4.78, 5) is 2.41. The Morgan fingerprint density at radius 1 is 1.21 bits per heavy atom. The predicted octanol–water partition coefficient (Wildman–Crippen LogP) is 1.24. The minimum absolute atomic E-state index is 0.887. The normalized spacial score (nSPS) is 15.7. The summed E-state index contributed by atoms with van der Waals surface area (Å²) in [6.45, 7) is 6.33. The maximum absolute atomic E-state index is 4.14. The van der Waals surface area contributed by atoms with Crippen LogP contribution in [-0.2, 0) is 6.42 Å². The van der Waals surface area contributed by atoms with Crippen LogP contribution >= 0.6 is 0 Å². The van der Waals surface area contributed by atoms with Gasteiger partial charge >= 0.3 is 0 Å². The van der Waals surface area contributed by atoms with Gasteiger partial charge in [0.25, 0.3) is 0 Å². The van der Waals surface area contributed by atoms with Crippen molar-refractivity contribution in [2.24, 2.45) is 0 Å². The number of hydrogen-bond donors (Lipinski definition) is 1. The van der Waals surface area contributed by atoms with Gasteiger partial charge in [0.05, 0.1) is 5.69 Å². The first-order valence-electron chi connectivity index (χ1n) is 6.83. The van der Waals surface area contributed by atoms with Gasteiger partial charge in [0, 0.05) is 38.3 Å². The van der Waals surface area contributed by atoms with Gasteiger partial charge in [-0.05, 0) is 18.2 Å². The molecule has 5 nitrogen and oxygen atoms in total. The molecule has 0 aliphatic carbocycles. The standard InChI is InChI=1S/C14H19N5/c1-2-14-17-16-11-19(14)13-5-3-4-12(10-13)18-8-6-15-7-9-18/h3-5,10-11,15H,2,6-9H2,1H3. The Bertz CT molecular complexity index is 542. The molecule has 1 aromatic heterocycles. The molecular formula is C14H19N5. The summed E-state index contributed by atoms with van der Waals surface area (Å²) in [5, 5.41) is 11.5. The van der Waals surface area contributed by atoms with Gasteiger partial charge in [-0.15, -0.1) is 10.2 Å². The van der Waals surface area contributed by atoms with E-state index >= 15 is 0 Å². The van der Waals surface area contributed by atoms with Gasteiger partial charge in [0.15, 0.2) is 0 Å². The van der Waals surface area contributed by atoms with Crippen LogP contribution in [0.4, 0.5) is 5.69 Å². The second kappa shape index (κ2) is 5.40. The summed E-state index contributed by atoms with van der Waals surface area (Å²) in [7, 11) is 0. The Hall–Kier alpha value is -1.88. The molecule has 1 aliphatic rings. The van der Waals surface area contributed by atoms with Crippen LogP contribution in [-0.4, -0.2) is 40.9 Å². The molecule has 0 bridgehead atoms. The fourth-order valence-corrected chi connectivity index (χ4v) is 2.48. The SMILES string of the molecule is CCc1nncn1-c1cccc(N2CCNCC2)c1. The number of nitrogens with zero attached hydrogens (tertiary/aromatic N) is 4. The van der Waals surface area contributed by atoms with E-state index in [1.54, 1.807) is 6.33 Å². The van der Waals surface area contributed by atoms with Gasteiger partial charge in [0.1, 0.15) is 12.2 Å². The number of aryl methyl sites for hydroxylation is 1. The number of nitrogens with one attached hydrogen (secondary N) is 1. The topological polar surface area (TPSA) is 46.0 Å². The average Bonchev–Trinajstić information content (AvgIpc) is 2.97. The first-order chi connectivity index (χ1) is 9.38. The molecule has 2 aromatic rings. The largest absolute Gasteiger partial charge is 0.369 e. The summed E-state index contributed by atoms with van der Waals surface area (Å²) in [6, 6.07) is 8.60. The molecule has 100 valence electrons. The van der Waals surface area contributed by atoms with E-state index < -0.39 is 0 Å². The van der Waals surface area contributed by atoms with Gasteiger partial charge in [-0.25, -0.2) is 0 Å². The number of anilines is 1. The van der Waals surface area contributed by atoms with Crippen molar-refractivity contribution in [3.63, 3.8) is 0 Å². The van der Waals surface area contributed by atoms with Gasteiger partial charge < -0.3 is 10.2 Å². The lowest BCUT2D eigenvalue weighted by Gasteiger charge is -2.29. The highest BCUT2D eigenvalue weighted by atomic mass is 15.3. The first kappa shape index (κ1) is 12.2. The molecule has 0 saturated carbocycles. The molecule has 0 atom stereocenters. The van der Waals surface area contributed by atoms with Gasteiger partial charge in [0.2, 0.25) is 0 Å². The highest BCUT2D eigenvalue weighted by Crippen LogP contribution is 2.20. The van der Waals surface area contributed by atoms with Gasteiger partial charge in [-0.3, -0.25) is 4.57 Å². The van der Waals surface area contributed by atoms with Crippen LogP contribution in [0.3, 0.4) is 0 Å². The summed E-state index contributed by atoms with van der Waals surface area (Å²) >= 11 is 0. The van der Waals surface area contributed by atoms with Crippen molar-refractivity contribution >= 4 is 5.69 Å². The van der Waals surface area contributed by atoms with Crippen molar-refractivity contribution in [1.29, 1.82) is 0 Å². The lowest BCUT2D eigenvalue weighted by atomic mass is 10.2. The molecule has 0 radical (unpaired) electrons. The van der Waals surface area contributed by atoms with E-state index in [9.17, 15) is 0 Å². The summed E-state index contributed by atoms with van der Waals surface area (Å²) in [5.41, 5.74) is 2.41. The van der Waals surface area contributed by atoms with Crippen molar-refractivity contribution in [1.82, 2.24) is 20.1 Å². The number of rotatable bonds is 3. The van der Waals surface area contributed by atoms with Crippen molar-refractivity contribution < 1.29 is 0 Å². The molecule has 1 aromatic carbocycles. The molecular weight excluding hydrogens is 238 g/mol. The number of hydrogen-bond acceptors (Lipinski definition) is 4. The molecule has 1 fully saturated rings. The third-order valence-electron chi connectivity index (χ3n) is 3.52. The molecule has 0 spiro atoms. The molecule has 5 heteroatoms. The van der Waals surface area contributed by atoms with Crippen LogP contribution in [0.2, 0.25) is 0 Å². The average molecular weight is 257 g/mol. The number of benzene rings is 1. The monoisotopic (exact) mass is 257 g/mol. The summed E-state index contributed by atoms with van der Waals surface area (Å²) in [6.07, 6.45) is 2.67. The Labute approximate surface area is 113 Å². The quantitative estimate of drug-likeness (QED) is 0.898. The van der Waals surface area contributed by atoms with Crippen molar-refractivity contribution in [3.8, 4) is 5.69 Å². The molecule has 1 aliphatic heterocycles. The molecule has 2 heterocycles. The van der Waals surface area contributed by atoms with Crippen LogP contribution in [0.15, 0.2) is 30.6 Å². The van der Waals surface area contributed by atoms with Gasteiger partial charge in [-0.2, -0.15) is 0 Å². The van der Waals surface area contributed by atoms with Gasteiger partial charge in [-0.1, -0.05) is 13.0 Å². The Kier molecular flexibility index (Phi) is 3.46. The molecule has 3 rings (SSSR count). The minimum Gasteiger partial charge on any atom is -0.369 e. The lowest BCUT2D eigenvalue weighted by Crippen LogP contribution is -2.43.